The maximum Gasteiger partial charge on any atom is 0.240 e. The number of piperidine rings is 1. The van der Waals surface area contributed by atoms with E-state index in [4.69, 9.17) is 0 Å². The molecule has 0 saturated carbocycles. The van der Waals surface area contributed by atoms with Crippen LogP contribution in [0.3, 0.4) is 0 Å². The Morgan fingerprint density at radius 2 is 2.04 bits per heavy atom. The van der Waals surface area contributed by atoms with Gasteiger partial charge in [0.25, 0.3) is 0 Å². The fourth-order valence-corrected chi connectivity index (χ4v) is 4.22. The molecule has 2 aliphatic heterocycles. The van der Waals surface area contributed by atoms with Gasteiger partial charge in [-0.05, 0) is 30.4 Å². The number of hydrogen-bond donors (Lipinski definition) is 2. The lowest BCUT2D eigenvalue weighted by Gasteiger charge is -2.36. The van der Waals surface area contributed by atoms with Gasteiger partial charge in [0.05, 0.1) is 12.3 Å². The molecule has 0 bridgehead atoms. The molecular weight excluding hydrogens is 314 g/mol. The van der Waals surface area contributed by atoms with Crippen LogP contribution < -0.4 is 10.0 Å². The van der Waals surface area contributed by atoms with E-state index in [9.17, 15) is 13.2 Å². The van der Waals surface area contributed by atoms with Gasteiger partial charge in [-0.25, -0.2) is 13.1 Å². The summed E-state index contributed by atoms with van der Waals surface area (Å²) in [6.45, 7) is 1.85. The molecule has 0 aliphatic carbocycles. The number of fused-ring (bicyclic) bond motifs is 1. The Morgan fingerprint density at radius 3 is 2.78 bits per heavy atom. The minimum Gasteiger partial charge on any atom is -0.340 e. The molecule has 1 amide bonds. The number of nitrogens with zero attached hydrogens (tertiary/aromatic N) is 1. The van der Waals surface area contributed by atoms with Crippen molar-refractivity contribution in [2.45, 2.75) is 37.9 Å². The molecule has 2 atom stereocenters. The SMILES string of the molecule is CS(=O)(=O)N[C@@H]1CCCN(C(=O)[C@H]2Cc3ccccc3CN2)C1. The standard InChI is InChI=1S/C16H23N3O3S/c1-23(21,22)18-14-7-4-8-19(11-14)16(20)15-9-12-5-2-3-6-13(12)10-17-15/h2-3,5-6,14-15,17-18H,4,7-11H2,1H3/t14-,15-/m1/s1. The van der Waals surface area contributed by atoms with Crippen molar-refractivity contribution in [1.82, 2.24) is 14.9 Å². The lowest BCUT2D eigenvalue weighted by Crippen LogP contribution is -2.55. The highest BCUT2D eigenvalue weighted by molar-refractivity contribution is 7.88. The summed E-state index contributed by atoms with van der Waals surface area (Å²) < 4.78 is 25.4. The zero-order valence-corrected chi connectivity index (χ0v) is 14.1. The van der Waals surface area contributed by atoms with E-state index >= 15 is 0 Å². The molecule has 2 aliphatic rings. The van der Waals surface area contributed by atoms with Crippen molar-refractivity contribution >= 4 is 15.9 Å². The maximum absolute atomic E-state index is 12.8. The minimum atomic E-state index is -3.24. The van der Waals surface area contributed by atoms with Gasteiger partial charge in [-0.3, -0.25) is 4.79 Å². The first kappa shape index (κ1) is 16.4. The summed E-state index contributed by atoms with van der Waals surface area (Å²) in [4.78, 5) is 14.5. The lowest BCUT2D eigenvalue weighted by atomic mass is 9.94. The summed E-state index contributed by atoms with van der Waals surface area (Å²) in [6.07, 6.45) is 3.45. The summed E-state index contributed by atoms with van der Waals surface area (Å²) in [5.41, 5.74) is 2.46. The van der Waals surface area contributed by atoms with E-state index in [0.29, 0.717) is 26.1 Å². The van der Waals surface area contributed by atoms with Gasteiger partial charge < -0.3 is 10.2 Å². The zero-order valence-electron chi connectivity index (χ0n) is 13.3. The van der Waals surface area contributed by atoms with Crippen molar-refractivity contribution < 1.29 is 13.2 Å². The Labute approximate surface area is 137 Å². The quantitative estimate of drug-likeness (QED) is 0.828. The van der Waals surface area contributed by atoms with Crippen molar-refractivity contribution in [2.24, 2.45) is 0 Å². The third-order valence-electron chi connectivity index (χ3n) is 4.49. The van der Waals surface area contributed by atoms with E-state index in [1.54, 1.807) is 4.90 Å². The Hall–Kier alpha value is -1.44. The number of rotatable bonds is 3. The summed E-state index contributed by atoms with van der Waals surface area (Å²) in [6, 6.07) is 7.75. The molecule has 3 rings (SSSR count). The first-order valence-corrected chi connectivity index (χ1v) is 9.88. The van der Waals surface area contributed by atoms with Crippen LogP contribution in [-0.4, -0.2) is 50.7 Å². The molecular formula is C16H23N3O3S. The van der Waals surface area contributed by atoms with E-state index in [-0.39, 0.29) is 18.0 Å². The molecule has 1 aromatic rings. The normalized spacial score (nSPS) is 25.0. The van der Waals surface area contributed by atoms with E-state index < -0.39 is 10.0 Å². The molecule has 0 aromatic heterocycles. The van der Waals surface area contributed by atoms with Crippen molar-refractivity contribution in [1.29, 1.82) is 0 Å². The number of amides is 1. The van der Waals surface area contributed by atoms with E-state index in [1.165, 1.54) is 11.1 Å². The molecule has 126 valence electrons. The minimum absolute atomic E-state index is 0.0690. The van der Waals surface area contributed by atoms with Crippen LogP contribution in [0.15, 0.2) is 24.3 Å². The van der Waals surface area contributed by atoms with Crippen LogP contribution >= 0.6 is 0 Å². The molecule has 7 heteroatoms. The van der Waals surface area contributed by atoms with Gasteiger partial charge in [-0.2, -0.15) is 0 Å². The Balaban J connectivity index is 1.64. The number of carbonyl (C=O) groups excluding carboxylic acids is 1. The van der Waals surface area contributed by atoms with Gasteiger partial charge in [0.2, 0.25) is 15.9 Å². The number of carbonyl (C=O) groups is 1. The first-order chi connectivity index (χ1) is 10.9. The fraction of sp³-hybridized carbons (Fsp3) is 0.562. The second-order valence-electron chi connectivity index (χ2n) is 6.42. The molecule has 0 radical (unpaired) electrons. The van der Waals surface area contributed by atoms with Crippen LogP contribution in [-0.2, 0) is 27.8 Å². The Bertz CT molecular complexity index is 690. The van der Waals surface area contributed by atoms with Gasteiger partial charge >= 0.3 is 0 Å². The van der Waals surface area contributed by atoms with Gasteiger partial charge in [0.15, 0.2) is 0 Å². The average Bonchev–Trinajstić information content (AvgIpc) is 2.52. The smallest absolute Gasteiger partial charge is 0.240 e. The molecule has 1 fully saturated rings. The molecule has 6 nitrogen and oxygen atoms in total. The van der Waals surface area contributed by atoms with Crippen LogP contribution in [0.2, 0.25) is 0 Å². The van der Waals surface area contributed by atoms with E-state index in [0.717, 1.165) is 19.1 Å². The van der Waals surface area contributed by atoms with Gasteiger partial charge in [-0.15, -0.1) is 0 Å². The lowest BCUT2D eigenvalue weighted by molar-refractivity contribution is -0.134. The Kier molecular flexibility index (Phi) is 4.70. The number of benzene rings is 1. The van der Waals surface area contributed by atoms with E-state index in [1.807, 2.05) is 12.1 Å². The zero-order chi connectivity index (χ0) is 16.4. The predicted octanol–water partition coefficient (Wildman–Crippen LogP) is 0.241. The summed E-state index contributed by atoms with van der Waals surface area (Å²) >= 11 is 0. The highest BCUT2D eigenvalue weighted by Gasteiger charge is 2.31. The molecule has 2 heterocycles. The monoisotopic (exact) mass is 337 g/mol. The van der Waals surface area contributed by atoms with Crippen LogP contribution in [0, 0.1) is 0 Å². The topological polar surface area (TPSA) is 78.5 Å². The molecule has 2 N–H and O–H groups in total. The van der Waals surface area contributed by atoms with Crippen LogP contribution in [0.1, 0.15) is 24.0 Å². The third kappa shape index (κ3) is 4.10. The second-order valence-corrected chi connectivity index (χ2v) is 8.20. The van der Waals surface area contributed by atoms with Crippen molar-refractivity contribution in [3.63, 3.8) is 0 Å². The summed E-state index contributed by atoms with van der Waals surface area (Å²) in [7, 11) is -3.24. The maximum atomic E-state index is 12.8. The van der Waals surface area contributed by atoms with Crippen molar-refractivity contribution in [2.75, 3.05) is 19.3 Å². The molecule has 0 unspecified atom stereocenters. The van der Waals surface area contributed by atoms with Crippen molar-refractivity contribution in [3.05, 3.63) is 35.4 Å². The second kappa shape index (κ2) is 6.59. The van der Waals surface area contributed by atoms with Crippen molar-refractivity contribution in [3.8, 4) is 0 Å². The molecule has 1 saturated heterocycles. The first-order valence-electron chi connectivity index (χ1n) is 7.98. The number of sulfonamides is 1. The Morgan fingerprint density at radius 1 is 1.30 bits per heavy atom. The number of hydrogen-bond acceptors (Lipinski definition) is 4. The molecule has 0 spiro atoms. The van der Waals surface area contributed by atoms with Gasteiger partial charge in [0.1, 0.15) is 0 Å². The number of nitrogens with one attached hydrogen (secondary N) is 2. The highest BCUT2D eigenvalue weighted by Crippen LogP contribution is 2.19. The molecule has 1 aromatic carbocycles. The average molecular weight is 337 g/mol. The van der Waals surface area contributed by atoms with Gasteiger partial charge in [0, 0.05) is 25.7 Å². The summed E-state index contributed by atoms with van der Waals surface area (Å²) in [5, 5.41) is 3.31. The fourth-order valence-electron chi connectivity index (χ4n) is 3.43. The third-order valence-corrected chi connectivity index (χ3v) is 5.25. The van der Waals surface area contributed by atoms with Crippen LogP contribution in [0.4, 0.5) is 0 Å². The van der Waals surface area contributed by atoms with Crippen LogP contribution in [0.5, 0.6) is 0 Å². The van der Waals surface area contributed by atoms with Gasteiger partial charge in [-0.1, -0.05) is 24.3 Å². The number of likely N-dealkylation sites (tertiary alicyclic amines) is 1. The molecule has 23 heavy (non-hydrogen) atoms. The largest absolute Gasteiger partial charge is 0.340 e. The van der Waals surface area contributed by atoms with Crippen LogP contribution in [0.25, 0.3) is 0 Å². The highest BCUT2D eigenvalue weighted by atomic mass is 32.2. The van der Waals surface area contributed by atoms with E-state index in [2.05, 4.69) is 22.2 Å². The summed E-state index contributed by atoms with van der Waals surface area (Å²) in [5.74, 6) is 0.0690. The predicted molar refractivity (Wildman–Crippen MR) is 88.4 cm³/mol.